The van der Waals surface area contributed by atoms with E-state index in [0.717, 1.165) is 5.56 Å². The fourth-order valence-corrected chi connectivity index (χ4v) is 1.42. The van der Waals surface area contributed by atoms with Crippen molar-refractivity contribution in [3.63, 3.8) is 0 Å². The predicted molar refractivity (Wildman–Crippen MR) is 60.1 cm³/mol. The lowest BCUT2D eigenvalue weighted by molar-refractivity contribution is 0.822. The number of benzene rings is 1. The third-order valence-corrected chi connectivity index (χ3v) is 2.24. The van der Waals surface area contributed by atoms with Crippen molar-refractivity contribution in [3.05, 3.63) is 42.2 Å². The van der Waals surface area contributed by atoms with E-state index in [-0.39, 0.29) is 0 Å². The van der Waals surface area contributed by atoms with E-state index in [1.54, 1.807) is 0 Å². The van der Waals surface area contributed by atoms with Crippen molar-refractivity contribution in [1.82, 2.24) is 30.0 Å². The number of anilines is 1. The Hall–Kier alpha value is -2.57. The van der Waals surface area contributed by atoms with Crippen LogP contribution in [-0.4, -0.2) is 30.0 Å². The van der Waals surface area contributed by atoms with Gasteiger partial charge in [0.1, 0.15) is 6.33 Å². The standard InChI is InChI=1S/C10H9N7/c1-2-4-8(5-3-1)6-11-9-13-15-10-14-12-7-17(10)16-9/h1-5,7H,6H2,(H,11,16). The van der Waals surface area contributed by atoms with Crippen LogP contribution in [0.15, 0.2) is 36.7 Å². The molecule has 0 radical (unpaired) electrons. The summed E-state index contributed by atoms with van der Waals surface area (Å²) in [6.45, 7) is 0.649. The van der Waals surface area contributed by atoms with Crippen molar-refractivity contribution in [2.75, 3.05) is 5.32 Å². The average Bonchev–Trinajstić information content (AvgIpc) is 2.85. The second-order valence-corrected chi connectivity index (χ2v) is 3.44. The lowest BCUT2D eigenvalue weighted by Crippen LogP contribution is -2.07. The molecule has 84 valence electrons. The van der Waals surface area contributed by atoms with Gasteiger partial charge in [-0.2, -0.15) is 4.52 Å². The maximum absolute atomic E-state index is 4.16. The molecule has 7 nitrogen and oxygen atoms in total. The van der Waals surface area contributed by atoms with Gasteiger partial charge in [0.2, 0.25) is 0 Å². The Bertz CT molecular complexity index is 619. The van der Waals surface area contributed by atoms with E-state index in [4.69, 9.17) is 0 Å². The summed E-state index contributed by atoms with van der Waals surface area (Å²) in [6.07, 6.45) is 1.48. The van der Waals surface area contributed by atoms with Gasteiger partial charge in [-0.05, 0) is 5.56 Å². The van der Waals surface area contributed by atoms with Crippen LogP contribution < -0.4 is 5.32 Å². The number of hydrogen-bond acceptors (Lipinski definition) is 6. The molecule has 0 spiro atoms. The Morgan fingerprint density at radius 2 is 1.94 bits per heavy atom. The highest BCUT2D eigenvalue weighted by molar-refractivity contribution is 5.28. The fraction of sp³-hybridized carbons (Fsp3) is 0.100. The van der Waals surface area contributed by atoms with Crippen molar-refractivity contribution in [2.45, 2.75) is 6.54 Å². The first-order valence-electron chi connectivity index (χ1n) is 5.10. The Morgan fingerprint density at radius 1 is 1.06 bits per heavy atom. The fourth-order valence-electron chi connectivity index (χ4n) is 1.42. The van der Waals surface area contributed by atoms with Crippen molar-refractivity contribution in [3.8, 4) is 0 Å². The molecule has 1 N–H and O–H groups in total. The monoisotopic (exact) mass is 227 g/mol. The molecule has 0 unspecified atom stereocenters. The Balaban J connectivity index is 1.76. The maximum Gasteiger partial charge on any atom is 0.290 e. The molecule has 2 heterocycles. The van der Waals surface area contributed by atoms with E-state index >= 15 is 0 Å². The third-order valence-electron chi connectivity index (χ3n) is 2.24. The molecule has 0 fully saturated rings. The van der Waals surface area contributed by atoms with E-state index in [2.05, 4.69) is 30.8 Å². The van der Waals surface area contributed by atoms with Gasteiger partial charge in [-0.25, -0.2) is 0 Å². The zero-order chi connectivity index (χ0) is 11.5. The molecule has 3 rings (SSSR count). The van der Waals surface area contributed by atoms with Crippen molar-refractivity contribution in [1.29, 1.82) is 0 Å². The summed E-state index contributed by atoms with van der Waals surface area (Å²) in [5.74, 6) is 0.830. The van der Waals surface area contributed by atoms with Crippen LogP contribution in [0.3, 0.4) is 0 Å². The van der Waals surface area contributed by atoms with Crippen LogP contribution in [0.2, 0.25) is 0 Å². The first-order valence-corrected chi connectivity index (χ1v) is 5.10. The molecule has 3 aromatic rings. The third kappa shape index (κ3) is 2.03. The van der Waals surface area contributed by atoms with Gasteiger partial charge >= 0.3 is 0 Å². The first kappa shape index (κ1) is 9.64. The number of fused-ring (bicyclic) bond motifs is 1. The normalized spacial score (nSPS) is 10.6. The van der Waals surface area contributed by atoms with E-state index in [1.807, 2.05) is 30.3 Å². The van der Waals surface area contributed by atoms with E-state index < -0.39 is 0 Å². The molecule has 0 aliphatic rings. The highest BCUT2D eigenvalue weighted by Crippen LogP contribution is 2.02. The molecular formula is C10H9N7. The summed E-state index contributed by atoms with van der Waals surface area (Å²) in [5, 5.41) is 22.4. The van der Waals surface area contributed by atoms with Gasteiger partial charge in [-0.15, -0.1) is 25.5 Å². The molecule has 0 bridgehead atoms. The lowest BCUT2D eigenvalue weighted by Gasteiger charge is -2.03. The zero-order valence-corrected chi connectivity index (χ0v) is 8.85. The van der Waals surface area contributed by atoms with Crippen LogP contribution in [-0.2, 0) is 6.54 Å². The molecule has 0 amide bonds. The molecule has 0 aliphatic carbocycles. The summed E-state index contributed by atoms with van der Waals surface area (Å²) in [7, 11) is 0. The van der Waals surface area contributed by atoms with Gasteiger partial charge in [0.05, 0.1) is 0 Å². The minimum absolute atomic E-state index is 0.385. The second kappa shape index (κ2) is 4.12. The molecule has 1 aromatic carbocycles. The van der Waals surface area contributed by atoms with Crippen LogP contribution >= 0.6 is 0 Å². The van der Waals surface area contributed by atoms with Crippen LogP contribution in [0, 0.1) is 0 Å². The minimum atomic E-state index is 0.385. The molecule has 0 aliphatic heterocycles. The summed E-state index contributed by atoms with van der Waals surface area (Å²) < 4.78 is 1.47. The van der Waals surface area contributed by atoms with E-state index in [1.165, 1.54) is 10.8 Å². The van der Waals surface area contributed by atoms with Gasteiger partial charge in [0.25, 0.3) is 11.7 Å². The lowest BCUT2D eigenvalue weighted by atomic mass is 10.2. The topological polar surface area (TPSA) is 80.9 Å². The largest absolute Gasteiger partial charge is 0.348 e. The Morgan fingerprint density at radius 3 is 2.82 bits per heavy atom. The Labute approximate surface area is 96.5 Å². The summed E-state index contributed by atoms with van der Waals surface area (Å²) in [4.78, 5) is 0. The number of nitrogens with zero attached hydrogens (tertiary/aromatic N) is 6. The summed E-state index contributed by atoms with van der Waals surface area (Å²) in [6, 6.07) is 10.00. The van der Waals surface area contributed by atoms with E-state index in [9.17, 15) is 0 Å². The van der Waals surface area contributed by atoms with Crippen molar-refractivity contribution < 1.29 is 0 Å². The molecule has 17 heavy (non-hydrogen) atoms. The maximum atomic E-state index is 4.16. The SMILES string of the molecule is c1ccc(CNc2nnc3nncn3n2)cc1. The molecule has 2 aromatic heterocycles. The molecule has 0 saturated carbocycles. The predicted octanol–water partition coefficient (Wildman–Crippen LogP) is 0.526. The first-order chi connectivity index (χ1) is 8.42. The minimum Gasteiger partial charge on any atom is -0.348 e. The molecule has 0 saturated heterocycles. The number of aromatic nitrogens is 6. The van der Waals surface area contributed by atoms with Crippen molar-refractivity contribution in [2.24, 2.45) is 0 Å². The number of nitrogens with one attached hydrogen (secondary N) is 1. The van der Waals surface area contributed by atoms with Gasteiger partial charge in [0.15, 0.2) is 0 Å². The van der Waals surface area contributed by atoms with Crippen LogP contribution in [0.4, 0.5) is 5.95 Å². The quantitative estimate of drug-likeness (QED) is 0.702. The molecule has 7 heteroatoms. The van der Waals surface area contributed by atoms with Crippen LogP contribution in [0.25, 0.3) is 5.78 Å². The summed E-state index contributed by atoms with van der Waals surface area (Å²) >= 11 is 0. The van der Waals surface area contributed by atoms with Gasteiger partial charge < -0.3 is 5.32 Å². The smallest absolute Gasteiger partial charge is 0.290 e. The summed E-state index contributed by atoms with van der Waals surface area (Å²) in [5.41, 5.74) is 1.15. The van der Waals surface area contributed by atoms with Gasteiger partial charge in [-0.3, -0.25) is 0 Å². The Kier molecular flexibility index (Phi) is 2.34. The molecular weight excluding hydrogens is 218 g/mol. The second-order valence-electron chi connectivity index (χ2n) is 3.44. The highest BCUT2D eigenvalue weighted by atomic mass is 15.5. The van der Waals surface area contributed by atoms with Gasteiger partial charge in [0, 0.05) is 6.54 Å². The number of rotatable bonds is 3. The van der Waals surface area contributed by atoms with Crippen molar-refractivity contribution >= 4 is 11.7 Å². The number of hydrogen-bond donors (Lipinski definition) is 1. The van der Waals surface area contributed by atoms with E-state index in [0.29, 0.717) is 18.3 Å². The van der Waals surface area contributed by atoms with Crippen LogP contribution in [0.5, 0.6) is 0 Å². The highest BCUT2D eigenvalue weighted by Gasteiger charge is 2.01. The average molecular weight is 227 g/mol. The molecule has 0 atom stereocenters. The van der Waals surface area contributed by atoms with Crippen LogP contribution in [0.1, 0.15) is 5.56 Å². The van der Waals surface area contributed by atoms with Gasteiger partial charge in [-0.1, -0.05) is 30.3 Å². The zero-order valence-electron chi connectivity index (χ0n) is 8.85.